The first kappa shape index (κ1) is 18.1. The van der Waals surface area contributed by atoms with Gasteiger partial charge >= 0.3 is 0 Å². The average molecular weight is 372 g/mol. The number of carbonyl (C=O) groups is 1. The Bertz CT molecular complexity index is 749. The van der Waals surface area contributed by atoms with Crippen LogP contribution in [0, 0.1) is 12.3 Å². The molecule has 0 aromatic carbocycles. The van der Waals surface area contributed by atoms with Crippen LogP contribution in [0.2, 0.25) is 0 Å². The van der Waals surface area contributed by atoms with Gasteiger partial charge < -0.3 is 14.6 Å². The number of amides is 1. The summed E-state index contributed by atoms with van der Waals surface area (Å²) in [4.78, 5) is 18.8. The molecule has 0 radical (unpaired) electrons. The maximum absolute atomic E-state index is 12.0. The SMILES string of the molecule is C#CCCC1(CCC(=O)NCc2nc([C@H]3CN4CCC[C@H]4CO3)no2)N=N1. The second-order valence-corrected chi connectivity index (χ2v) is 7.32. The Labute approximate surface area is 157 Å². The fourth-order valence-corrected chi connectivity index (χ4v) is 3.69. The molecule has 1 aromatic heterocycles. The van der Waals surface area contributed by atoms with Gasteiger partial charge in [0.15, 0.2) is 5.66 Å². The number of fused-ring (bicyclic) bond motifs is 1. The van der Waals surface area contributed by atoms with Gasteiger partial charge in [-0.3, -0.25) is 9.69 Å². The van der Waals surface area contributed by atoms with Gasteiger partial charge in [0.1, 0.15) is 6.10 Å². The molecule has 4 rings (SSSR count). The predicted octanol–water partition coefficient (Wildman–Crippen LogP) is 1.58. The summed E-state index contributed by atoms with van der Waals surface area (Å²) >= 11 is 0. The minimum Gasteiger partial charge on any atom is -0.367 e. The van der Waals surface area contributed by atoms with Crippen molar-refractivity contribution in [1.82, 2.24) is 20.4 Å². The van der Waals surface area contributed by atoms with Crippen molar-refractivity contribution in [3.05, 3.63) is 11.7 Å². The molecule has 2 fully saturated rings. The topological polar surface area (TPSA) is 105 Å². The number of morpholine rings is 1. The fourth-order valence-electron chi connectivity index (χ4n) is 3.69. The molecule has 1 N–H and O–H groups in total. The van der Waals surface area contributed by atoms with Crippen LogP contribution in [0.4, 0.5) is 0 Å². The van der Waals surface area contributed by atoms with Gasteiger partial charge in [0.2, 0.25) is 17.6 Å². The van der Waals surface area contributed by atoms with E-state index in [1.165, 1.54) is 12.8 Å². The number of aromatic nitrogens is 2. The molecule has 0 aliphatic carbocycles. The van der Waals surface area contributed by atoms with Crippen LogP contribution in [0.15, 0.2) is 14.8 Å². The van der Waals surface area contributed by atoms with E-state index in [0.717, 1.165) is 13.1 Å². The van der Waals surface area contributed by atoms with Gasteiger partial charge in [0.05, 0.1) is 13.2 Å². The number of nitrogens with one attached hydrogen (secondary N) is 1. The normalized spacial score (nSPS) is 25.7. The van der Waals surface area contributed by atoms with Crippen molar-refractivity contribution in [1.29, 1.82) is 0 Å². The highest BCUT2D eigenvalue weighted by molar-refractivity contribution is 5.75. The molecule has 0 saturated carbocycles. The quantitative estimate of drug-likeness (QED) is 0.695. The Morgan fingerprint density at radius 2 is 2.30 bits per heavy atom. The molecule has 1 amide bonds. The van der Waals surface area contributed by atoms with E-state index in [4.69, 9.17) is 15.7 Å². The first-order chi connectivity index (χ1) is 13.2. The van der Waals surface area contributed by atoms with Crippen molar-refractivity contribution in [2.45, 2.75) is 62.9 Å². The number of ether oxygens (including phenoxy) is 1. The largest absolute Gasteiger partial charge is 0.367 e. The van der Waals surface area contributed by atoms with Crippen LogP contribution in [0.25, 0.3) is 0 Å². The molecule has 9 nitrogen and oxygen atoms in total. The zero-order valence-electron chi connectivity index (χ0n) is 15.3. The third-order valence-corrected chi connectivity index (χ3v) is 5.40. The van der Waals surface area contributed by atoms with Gasteiger partial charge in [-0.1, -0.05) is 5.16 Å². The molecule has 3 aliphatic rings. The summed E-state index contributed by atoms with van der Waals surface area (Å²) in [6.45, 7) is 2.81. The standard InChI is InChI=1S/C18H24N6O3/c1-2-3-7-18(22-23-18)8-6-15(25)19-10-16-20-17(21-27-16)14-11-24-9-4-5-13(24)12-26-14/h1,13-14H,3-12H2,(H,19,25)/t13-,14+/m0/s1. The lowest BCUT2D eigenvalue weighted by molar-refractivity contribution is -0.121. The summed E-state index contributed by atoms with van der Waals surface area (Å²) < 4.78 is 11.1. The minimum absolute atomic E-state index is 0.0963. The summed E-state index contributed by atoms with van der Waals surface area (Å²) in [6.07, 6.45) is 9.73. The second-order valence-electron chi connectivity index (χ2n) is 7.32. The molecule has 4 heterocycles. The maximum atomic E-state index is 12.0. The zero-order chi connectivity index (χ0) is 18.7. The smallest absolute Gasteiger partial charge is 0.246 e. The van der Waals surface area contributed by atoms with E-state index < -0.39 is 5.66 Å². The van der Waals surface area contributed by atoms with Crippen molar-refractivity contribution < 1.29 is 14.1 Å². The zero-order valence-corrected chi connectivity index (χ0v) is 15.3. The average Bonchev–Trinajstić information content (AvgIpc) is 3.08. The van der Waals surface area contributed by atoms with E-state index in [0.29, 0.717) is 50.0 Å². The second kappa shape index (κ2) is 7.74. The molecule has 2 saturated heterocycles. The highest BCUT2D eigenvalue weighted by Gasteiger charge is 2.39. The first-order valence-corrected chi connectivity index (χ1v) is 9.50. The number of hydrogen-bond donors (Lipinski definition) is 1. The van der Waals surface area contributed by atoms with Gasteiger partial charge in [-0.25, -0.2) is 0 Å². The Hall–Kier alpha value is -2.31. The number of nitrogens with zero attached hydrogens (tertiary/aromatic N) is 5. The van der Waals surface area contributed by atoms with E-state index in [1.807, 2.05) is 0 Å². The number of rotatable bonds is 8. The number of hydrogen-bond acceptors (Lipinski definition) is 8. The Kier molecular flexibility index (Phi) is 5.18. The highest BCUT2D eigenvalue weighted by atomic mass is 16.5. The van der Waals surface area contributed by atoms with E-state index in [9.17, 15) is 4.79 Å². The van der Waals surface area contributed by atoms with Crippen LogP contribution >= 0.6 is 0 Å². The van der Waals surface area contributed by atoms with Crippen molar-refractivity contribution in [2.24, 2.45) is 10.2 Å². The van der Waals surface area contributed by atoms with Gasteiger partial charge in [-0.15, -0.1) is 12.3 Å². The molecular formula is C18H24N6O3. The van der Waals surface area contributed by atoms with E-state index in [2.05, 4.69) is 36.5 Å². The molecule has 0 unspecified atom stereocenters. The third-order valence-electron chi connectivity index (χ3n) is 5.40. The monoisotopic (exact) mass is 372 g/mol. The van der Waals surface area contributed by atoms with Crippen LogP contribution in [0.5, 0.6) is 0 Å². The maximum Gasteiger partial charge on any atom is 0.246 e. The third kappa shape index (κ3) is 4.34. The summed E-state index contributed by atoms with van der Waals surface area (Å²) in [5.74, 6) is 3.41. The van der Waals surface area contributed by atoms with E-state index in [1.54, 1.807) is 0 Å². The molecule has 0 bridgehead atoms. The summed E-state index contributed by atoms with van der Waals surface area (Å²) in [5.41, 5.74) is -0.437. The lowest BCUT2D eigenvalue weighted by Gasteiger charge is -2.33. The van der Waals surface area contributed by atoms with Gasteiger partial charge in [-0.05, 0) is 19.4 Å². The first-order valence-electron chi connectivity index (χ1n) is 9.50. The molecular weight excluding hydrogens is 348 g/mol. The van der Waals surface area contributed by atoms with Crippen LogP contribution in [0.3, 0.4) is 0 Å². The van der Waals surface area contributed by atoms with Crippen LogP contribution in [-0.4, -0.2) is 52.3 Å². The lowest BCUT2D eigenvalue weighted by Crippen LogP contribution is -2.42. The molecule has 2 atom stereocenters. The van der Waals surface area contributed by atoms with E-state index in [-0.39, 0.29) is 18.6 Å². The van der Waals surface area contributed by atoms with Crippen molar-refractivity contribution in [3.8, 4) is 12.3 Å². The molecule has 1 aromatic rings. The number of terminal acetylenes is 1. The van der Waals surface area contributed by atoms with Gasteiger partial charge in [-0.2, -0.15) is 15.2 Å². The van der Waals surface area contributed by atoms with Crippen molar-refractivity contribution in [3.63, 3.8) is 0 Å². The fraction of sp³-hybridized carbons (Fsp3) is 0.722. The van der Waals surface area contributed by atoms with E-state index >= 15 is 0 Å². The number of carbonyl (C=O) groups excluding carboxylic acids is 1. The summed E-state index contributed by atoms with van der Waals surface area (Å²) in [7, 11) is 0. The van der Waals surface area contributed by atoms with Gasteiger partial charge in [0, 0.05) is 38.3 Å². The summed E-state index contributed by atoms with van der Waals surface area (Å²) in [5, 5.41) is 14.9. The van der Waals surface area contributed by atoms with Crippen molar-refractivity contribution in [2.75, 3.05) is 19.7 Å². The summed E-state index contributed by atoms with van der Waals surface area (Å²) in [6, 6.07) is 0.528. The molecule has 0 spiro atoms. The van der Waals surface area contributed by atoms with Crippen LogP contribution < -0.4 is 5.32 Å². The van der Waals surface area contributed by atoms with Gasteiger partial charge in [0.25, 0.3) is 0 Å². The van der Waals surface area contributed by atoms with Crippen molar-refractivity contribution >= 4 is 5.91 Å². The Morgan fingerprint density at radius 3 is 3.11 bits per heavy atom. The molecule has 144 valence electrons. The molecule has 27 heavy (non-hydrogen) atoms. The van der Waals surface area contributed by atoms with Crippen LogP contribution in [-0.2, 0) is 16.1 Å². The molecule has 9 heteroatoms. The lowest BCUT2D eigenvalue weighted by atomic mass is 10.0. The Balaban J connectivity index is 1.20. The minimum atomic E-state index is -0.437. The Morgan fingerprint density at radius 1 is 1.41 bits per heavy atom. The molecule has 3 aliphatic heterocycles. The highest BCUT2D eigenvalue weighted by Crippen LogP contribution is 2.37. The van der Waals surface area contributed by atoms with Crippen LogP contribution in [0.1, 0.15) is 56.3 Å². The predicted molar refractivity (Wildman–Crippen MR) is 94.3 cm³/mol.